The molecule has 3 N–H and O–H groups in total. The molecular formula is C77H151NO5. The minimum Gasteiger partial charge on any atom is -0.466 e. The van der Waals surface area contributed by atoms with Gasteiger partial charge in [-0.2, -0.15) is 0 Å². The van der Waals surface area contributed by atoms with Gasteiger partial charge >= 0.3 is 5.97 Å². The molecule has 0 aliphatic heterocycles. The summed E-state index contributed by atoms with van der Waals surface area (Å²) in [4.78, 5) is 24.7. The van der Waals surface area contributed by atoms with E-state index in [1.165, 1.54) is 379 Å². The van der Waals surface area contributed by atoms with Gasteiger partial charge in [0, 0.05) is 12.8 Å². The first-order valence-electron chi connectivity index (χ1n) is 38.5. The molecule has 1 amide bonds. The largest absolute Gasteiger partial charge is 0.466 e. The maximum Gasteiger partial charge on any atom is 0.305 e. The Morgan fingerprint density at radius 1 is 0.325 bits per heavy atom. The molecule has 0 aliphatic rings. The van der Waals surface area contributed by atoms with Gasteiger partial charge in [-0.05, 0) is 32.1 Å². The minimum absolute atomic E-state index is 0.0191. The van der Waals surface area contributed by atoms with Gasteiger partial charge in [-0.1, -0.05) is 411 Å². The van der Waals surface area contributed by atoms with E-state index in [1.807, 2.05) is 6.08 Å². The first kappa shape index (κ1) is 81.6. The van der Waals surface area contributed by atoms with Gasteiger partial charge in [0.1, 0.15) is 0 Å². The number of esters is 1. The molecule has 0 aromatic rings. The number of amides is 1. The Kier molecular flexibility index (Phi) is 71.8. The zero-order valence-electron chi connectivity index (χ0n) is 56.7. The van der Waals surface area contributed by atoms with Gasteiger partial charge in [0.15, 0.2) is 0 Å². The standard InChI is InChI=1S/C77H151NO5/c1-3-5-7-9-11-13-15-17-19-21-23-24-25-26-27-30-34-37-41-45-49-53-57-61-65-69-75(80)74(73-79)78-76(81)70-66-62-58-54-50-46-42-38-35-31-28-29-32-36-40-44-48-52-56-60-64-68-72-83-77(82)71-67-63-59-55-51-47-43-39-33-22-20-18-16-14-12-10-8-6-4-2/h65,69,74-75,79-80H,3-64,66-68,70-73H2,1-2H3,(H,78,81)/b69-65+. The van der Waals surface area contributed by atoms with Crippen LogP contribution in [0.5, 0.6) is 0 Å². The van der Waals surface area contributed by atoms with Crippen LogP contribution >= 0.6 is 0 Å². The van der Waals surface area contributed by atoms with Crippen molar-refractivity contribution in [3.8, 4) is 0 Å². The van der Waals surface area contributed by atoms with Gasteiger partial charge in [0.25, 0.3) is 0 Å². The highest BCUT2D eigenvalue weighted by molar-refractivity contribution is 5.76. The molecule has 6 heteroatoms. The van der Waals surface area contributed by atoms with E-state index in [4.69, 9.17) is 4.74 Å². The van der Waals surface area contributed by atoms with E-state index >= 15 is 0 Å². The number of allylic oxidation sites excluding steroid dienone is 1. The summed E-state index contributed by atoms with van der Waals surface area (Å²) in [7, 11) is 0. The van der Waals surface area contributed by atoms with Crippen LogP contribution in [0.3, 0.4) is 0 Å². The van der Waals surface area contributed by atoms with Crippen molar-refractivity contribution in [1.82, 2.24) is 5.32 Å². The van der Waals surface area contributed by atoms with E-state index < -0.39 is 12.1 Å². The number of hydrogen-bond donors (Lipinski definition) is 3. The maximum absolute atomic E-state index is 12.6. The SMILES string of the molecule is CCCCCCCCCCCCCCCCCCCCCCCCC/C=C/C(O)C(CO)NC(=O)CCCCCCCCCCCCCCCCCCCCCCCCOC(=O)CCCCCCCCCCCCCCCCCCCCC. The van der Waals surface area contributed by atoms with E-state index in [1.54, 1.807) is 6.08 Å². The molecule has 0 saturated heterocycles. The van der Waals surface area contributed by atoms with Crippen LogP contribution in [-0.2, 0) is 14.3 Å². The summed E-state index contributed by atoms with van der Waals surface area (Å²) in [6.45, 7) is 4.96. The normalized spacial score (nSPS) is 12.5. The predicted octanol–water partition coefficient (Wildman–Crippen LogP) is 25.1. The topological polar surface area (TPSA) is 95.9 Å². The van der Waals surface area contributed by atoms with Gasteiger partial charge in [-0.15, -0.1) is 0 Å². The third-order valence-electron chi connectivity index (χ3n) is 18.3. The highest BCUT2D eigenvalue weighted by Crippen LogP contribution is 2.20. The molecule has 0 bridgehead atoms. The molecule has 0 fully saturated rings. The lowest BCUT2D eigenvalue weighted by Crippen LogP contribution is -2.45. The predicted molar refractivity (Wildman–Crippen MR) is 366 cm³/mol. The molecule has 494 valence electrons. The molecular weight excluding hydrogens is 1020 g/mol. The maximum atomic E-state index is 12.6. The minimum atomic E-state index is -0.846. The van der Waals surface area contributed by atoms with Crippen LogP contribution in [0.4, 0.5) is 0 Å². The number of nitrogens with one attached hydrogen (secondary N) is 1. The Labute approximate surface area is 520 Å². The van der Waals surface area contributed by atoms with E-state index in [2.05, 4.69) is 19.2 Å². The average molecular weight is 1170 g/mol. The summed E-state index contributed by atoms with van der Waals surface area (Å²) < 4.78 is 5.52. The summed E-state index contributed by atoms with van der Waals surface area (Å²) >= 11 is 0. The Balaban J connectivity index is 3.38. The van der Waals surface area contributed by atoms with Crippen LogP contribution in [0.25, 0.3) is 0 Å². The van der Waals surface area contributed by atoms with E-state index in [-0.39, 0.29) is 18.5 Å². The number of ether oxygens (including phenoxy) is 1. The molecule has 0 radical (unpaired) electrons. The van der Waals surface area contributed by atoms with Gasteiger partial charge in [0.05, 0.1) is 25.4 Å². The van der Waals surface area contributed by atoms with Crippen LogP contribution in [0.1, 0.15) is 444 Å². The third kappa shape index (κ3) is 69.6. The van der Waals surface area contributed by atoms with Crippen LogP contribution in [0.2, 0.25) is 0 Å². The first-order valence-corrected chi connectivity index (χ1v) is 38.5. The summed E-state index contributed by atoms with van der Waals surface area (Å²) in [6.07, 6.45) is 91.7. The first-order chi connectivity index (χ1) is 41.0. The molecule has 0 aliphatic carbocycles. The summed E-state index contributed by atoms with van der Waals surface area (Å²) in [5, 5.41) is 23.3. The van der Waals surface area contributed by atoms with Crippen molar-refractivity contribution in [3.05, 3.63) is 12.2 Å². The van der Waals surface area contributed by atoms with Crippen molar-refractivity contribution >= 4 is 11.9 Å². The summed E-state index contributed by atoms with van der Waals surface area (Å²) in [6, 6.07) is -0.629. The smallest absolute Gasteiger partial charge is 0.305 e. The van der Waals surface area contributed by atoms with Gasteiger partial charge in [-0.3, -0.25) is 9.59 Å². The molecule has 0 aromatic heterocycles. The van der Waals surface area contributed by atoms with E-state index in [0.29, 0.717) is 19.4 Å². The van der Waals surface area contributed by atoms with Crippen LogP contribution in [0, 0.1) is 0 Å². The fourth-order valence-corrected chi connectivity index (χ4v) is 12.5. The molecule has 6 nitrogen and oxygen atoms in total. The lowest BCUT2D eigenvalue weighted by Gasteiger charge is -2.20. The molecule has 83 heavy (non-hydrogen) atoms. The molecule has 2 unspecified atom stereocenters. The second-order valence-electron chi connectivity index (χ2n) is 26.7. The Morgan fingerprint density at radius 2 is 0.554 bits per heavy atom. The highest BCUT2D eigenvalue weighted by atomic mass is 16.5. The van der Waals surface area contributed by atoms with Crippen LogP contribution in [-0.4, -0.2) is 47.4 Å². The Bertz CT molecular complexity index is 1260. The number of unbranched alkanes of at least 4 members (excludes halogenated alkanes) is 62. The number of aliphatic hydroxyl groups excluding tert-OH is 2. The molecule has 0 saturated carbocycles. The van der Waals surface area contributed by atoms with Gasteiger partial charge in [0.2, 0.25) is 5.91 Å². The average Bonchev–Trinajstić information content (AvgIpc) is 3.49. The van der Waals surface area contributed by atoms with Crippen molar-refractivity contribution < 1.29 is 24.5 Å². The van der Waals surface area contributed by atoms with E-state index in [0.717, 1.165) is 38.5 Å². The zero-order chi connectivity index (χ0) is 59.9. The quantitative estimate of drug-likeness (QED) is 0.0320. The third-order valence-corrected chi connectivity index (χ3v) is 18.3. The number of carbonyl (C=O) groups is 2. The fraction of sp³-hybridized carbons (Fsp3) is 0.948. The fourth-order valence-electron chi connectivity index (χ4n) is 12.5. The van der Waals surface area contributed by atoms with Gasteiger partial charge in [-0.25, -0.2) is 0 Å². The van der Waals surface area contributed by atoms with Crippen molar-refractivity contribution in [2.24, 2.45) is 0 Å². The number of hydrogen-bond acceptors (Lipinski definition) is 5. The second kappa shape index (κ2) is 73.1. The lowest BCUT2D eigenvalue weighted by molar-refractivity contribution is -0.143. The zero-order valence-corrected chi connectivity index (χ0v) is 56.7. The summed E-state index contributed by atoms with van der Waals surface area (Å²) in [5.74, 6) is -0.0433. The molecule has 0 spiro atoms. The lowest BCUT2D eigenvalue weighted by atomic mass is 10.0. The van der Waals surface area contributed by atoms with Crippen LogP contribution in [0.15, 0.2) is 12.2 Å². The molecule has 0 aromatic carbocycles. The molecule has 2 atom stereocenters. The number of rotatable bonds is 73. The van der Waals surface area contributed by atoms with Crippen molar-refractivity contribution in [2.45, 2.75) is 456 Å². The van der Waals surface area contributed by atoms with Crippen molar-refractivity contribution in [2.75, 3.05) is 13.2 Å². The number of aliphatic hydroxyl groups is 2. The monoisotopic (exact) mass is 1170 g/mol. The van der Waals surface area contributed by atoms with Crippen molar-refractivity contribution in [1.29, 1.82) is 0 Å². The van der Waals surface area contributed by atoms with E-state index in [9.17, 15) is 19.8 Å². The van der Waals surface area contributed by atoms with Crippen LogP contribution < -0.4 is 5.32 Å². The molecule has 0 rings (SSSR count). The Hall–Kier alpha value is -1.40. The molecule has 0 heterocycles. The Morgan fingerprint density at radius 3 is 0.819 bits per heavy atom. The summed E-state index contributed by atoms with van der Waals surface area (Å²) in [5.41, 5.74) is 0. The second-order valence-corrected chi connectivity index (χ2v) is 26.7. The van der Waals surface area contributed by atoms with Crippen molar-refractivity contribution in [3.63, 3.8) is 0 Å². The highest BCUT2D eigenvalue weighted by Gasteiger charge is 2.18. The number of carbonyl (C=O) groups excluding carboxylic acids is 2. The van der Waals surface area contributed by atoms with Gasteiger partial charge < -0.3 is 20.3 Å².